The molecule has 0 aromatic heterocycles. The van der Waals surface area contributed by atoms with Crippen LogP contribution in [0, 0.1) is 0 Å². The van der Waals surface area contributed by atoms with Crippen LogP contribution >= 0.6 is 0 Å². The Morgan fingerprint density at radius 3 is 2.37 bits per heavy atom. The van der Waals surface area contributed by atoms with Gasteiger partial charge < -0.3 is 5.32 Å². The Kier molecular flexibility index (Phi) is 4.10. The molecule has 19 heavy (non-hydrogen) atoms. The summed E-state index contributed by atoms with van der Waals surface area (Å²) in [5.41, 5.74) is 0. The van der Waals surface area contributed by atoms with Crippen molar-refractivity contribution in [3.8, 4) is 0 Å². The van der Waals surface area contributed by atoms with E-state index in [0.717, 1.165) is 0 Å². The number of imide groups is 1. The summed E-state index contributed by atoms with van der Waals surface area (Å²) >= 11 is 0. The molecule has 0 aliphatic carbocycles. The lowest BCUT2D eigenvalue weighted by Crippen LogP contribution is -2.49. The molecular formula is C11H19N3O4S. The van der Waals surface area contributed by atoms with Gasteiger partial charge in [-0.05, 0) is 19.3 Å². The van der Waals surface area contributed by atoms with E-state index in [1.807, 2.05) is 6.92 Å². The predicted octanol–water partition coefficient (Wildman–Crippen LogP) is -0.258. The lowest BCUT2D eigenvalue weighted by atomic mass is 10.1. The highest BCUT2D eigenvalue weighted by Gasteiger charge is 2.38. The summed E-state index contributed by atoms with van der Waals surface area (Å²) in [7, 11) is -3.18. The highest BCUT2D eigenvalue weighted by molar-refractivity contribution is 7.89. The van der Waals surface area contributed by atoms with Gasteiger partial charge in [-0.25, -0.2) is 17.5 Å². The van der Waals surface area contributed by atoms with Crippen LogP contribution in [0.15, 0.2) is 0 Å². The van der Waals surface area contributed by atoms with Crippen molar-refractivity contribution in [1.29, 1.82) is 0 Å². The van der Waals surface area contributed by atoms with E-state index in [9.17, 15) is 18.0 Å². The van der Waals surface area contributed by atoms with Gasteiger partial charge >= 0.3 is 6.03 Å². The van der Waals surface area contributed by atoms with Crippen molar-refractivity contribution in [3.63, 3.8) is 0 Å². The minimum absolute atomic E-state index is 0.0488. The van der Waals surface area contributed by atoms with Crippen LogP contribution in [0.4, 0.5) is 4.79 Å². The van der Waals surface area contributed by atoms with Gasteiger partial charge in [0, 0.05) is 19.1 Å². The molecule has 0 saturated carbocycles. The van der Waals surface area contributed by atoms with E-state index in [-0.39, 0.29) is 30.3 Å². The molecule has 0 spiro atoms. The number of amides is 3. The molecule has 2 heterocycles. The molecule has 0 bridgehead atoms. The zero-order valence-electron chi connectivity index (χ0n) is 11.0. The predicted molar refractivity (Wildman–Crippen MR) is 68.9 cm³/mol. The Hall–Kier alpha value is -1.15. The Labute approximate surface area is 113 Å². The molecule has 0 radical (unpaired) electrons. The molecule has 0 aromatic rings. The number of urea groups is 1. The molecular weight excluding hydrogens is 270 g/mol. The number of hydrogen-bond acceptors (Lipinski definition) is 4. The van der Waals surface area contributed by atoms with Gasteiger partial charge in [-0.2, -0.15) is 0 Å². The van der Waals surface area contributed by atoms with E-state index < -0.39 is 10.0 Å². The van der Waals surface area contributed by atoms with E-state index in [4.69, 9.17) is 0 Å². The molecule has 7 nitrogen and oxygen atoms in total. The summed E-state index contributed by atoms with van der Waals surface area (Å²) in [6, 6.07) is -0.539. The zero-order chi connectivity index (χ0) is 14.0. The summed E-state index contributed by atoms with van der Waals surface area (Å²) in [6.45, 7) is 2.64. The average Bonchev–Trinajstić information content (AvgIpc) is 2.69. The maximum absolute atomic E-state index is 11.9. The third-order valence-corrected chi connectivity index (χ3v) is 5.60. The van der Waals surface area contributed by atoms with Gasteiger partial charge in [0.25, 0.3) is 0 Å². The second kappa shape index (κ2) is 5.46. The van der Waals surface area contributed by atoms with Crippen molar-refractivity contribution in [2.45, 2.75) is 32.2 Å². The van der Waals surface area contributed by atoms with Gasteiger partial charge in [0.2, 0.25) is 15.9 Å². The zero-order valence-corrected chi connectivity index (χ0v) is 11.8. The molecule has 0 atom stereocenters. The molecule has 3 amide bonds. The van der Waals surface area contributed by atoms with Crippen molar-refractivity contribution >= 4 is 22.0 Å². The van der Waals surface area contributed by atoms with Crippen LogP contribution in [-0.4, -0.2) is 61.0 Å². The van der Waals surface area contributed by atoms with Crippen LogP contribution in [0.5, 0.6) is 0 Å². The first-order valence-electron chi connectivity index (χ1n) is 6.53. The minimum Gasteiger partial charge on any atom is -0.329 e. The second-order valence-electron chi connectivity index (χ2n) is 4.87. The van der Waals surface area contributed by atoms with Crippen molar-refractivity contribution in [3.05, 3.63) is 0 Å². The van der Waals surface area contributed by atoms with Crippen molar-refractivity contribution in [2.24, 2.45) is 0 Å². The topological polar surface area (TPSA) is 86.8 Å². The van der Waals surface area contributed by atoms with Crippen LogP contribution in [0.1, 0.15) is 26.2 Å². The molecule has 2 fully saturated rings. The normalized spacial score (nSPS) is 22.9. The van der Waals surface area contributed by atoms with E-state index in [1.54, 1.807) is 0 Å². The molecule has 0 aromatic carbocycles. The van der Waals surface area contributed by atoms with Crippen LogP contribution in [0.2, 0.25) is 0 Å². The number of rotatable bonds is 4. The maximum Gasteiger partial charge on any atom is 0.324 e. The molecule has 108 valence electrons. The number of piperidine rings is 1. The van der Waals surface area contributed by atoms with Crippen LogP contribution in [0.3, 0.4) is 0 Å². The van der Waals surface area contributed by atoms with Crippen LogP contribution in [0.25, 0.3) is 0 Å². The summed E-state index contributed by atoms with van der Waals surface area (Å²) in [5.74, 6) is -0.0688. The molecule has 2 rings (SSSR count). The average molecular weight is 289 g/mol. The maximum atomic E-state index is 11.9. The molecule has 2 aliphatic heterocycles. The van der Waals surface area contributed by atoms with Crippen LogP contribution in [-0.2, 0) is 14.8 Å². The number of nitrogens with zero attached hydrogens (tertiary/aromatic N) is 2. The Morgan fingerprint density at radius 2 is 1.89 bits per heavy atom. The van der Waals surface area contributed by atoms with Crippen molar-refractivity contribution in [2.75, 3.05) is 25.4 Å². The van der Waals surface area contributed by atoms with E-state index >= 15 is 0 Å². The third kappa shape index (κ3) is 2.89. The third-order valence-electron chi connectivity index (χ3n) is 3.52. The molecule has 8 heteroatoms. The first-order chi connectivity index (χ1) is 8.95. The van der Waals surface area contributed by atoms with Gasteiger partial charge in [-0.3, -0.25) is 9.69 Å². The molecule has 0 unspecified atom stereocenters. The Balaban J connectivity index is 1.96. The number of nitrogens with one attached hydrogen (secondary N) is 1. The van der Waals surface area contributed by atoms with Gasteiger partial charge in [0.15, 0.2) is 0 Å². The molecule has 1 N–H and O–H groups in total. The second-order valence-corrected chi connectivity index (χ2v) is 6.96. The fourth-order valence-corrected chi connectivity index (χ4v) is 4.11. The highest BCUT2D eigenvalue weighted by Crippen LogP contribution is 2.21. The SMILES string of the molecule is CCCS(=O)(=O)N1CCC(N2C(=O)CNC2=O)CC1. The van der Waals surface area contributed by atoms with Gasteiger partial charge in [0.05, 0.1) is 12.3 Å². The molecule has 2 aliphatic rings. The number of carbonyl (C=O) groups excluding carboxylic acids is 2. The van der Waals surface area contributed by atoms with Crippen LogP contribution < -0.4 is 5.32 Å². The lowest BCUT2D eigenvalue weighted by Gasteiger charge is -2.34. The van der Waals surface area contributed by atoms with E-state index in [0.29, 0.717) is 32.4 Å². The summed E-state index contributed by atoms with van der Waals surface area (Å²) in [4.78, 5) is 24.3. The largest absolute Gasteiger partial charge is 0.329 e. The van der Waals surface area contributed by atoms with Crippen molar-refractivity contribution < 1.29 is 18.0 Å². The van der Waals surface area contributed by atoms with Gasteiger partial charge in [0.1, 0.15) is 0 Å². The fraction of sp³-hybridized carbons (Fsp3) is 0.818. The summed E-state index contributed by atoms with van der Waals surface area (Å²) < 4.78 is 25.3. The number of carbonyl (C=O) groups is 2. The fourth-order valence-electron chi connectivity index (χ4n) is 2.57. The summed E-state index contributed by atoms with van der Waals surface area (Å²) in [6.07, 6.45) is 1.62. The number of hydrogen-bond donors (Lipinski definition) is 1. The van der Waals surface area contributed by atoms with E-state index in [2.05, 4.69) is 5.32 Å². The molecule has 2 saturated heterocycles. The quantitative estimate of drug-likeness (QED) is 0.723. The standard InChI is InChI=1S/C11H19N3O4S/c1-2-7-19(17,18)13-5-3-9(4-6-13)14-10(15)8-12-11(14)16/h9H,2-8H2,1H3,(H,12,16). The monoisotopic (exact) mass is 289 g/mol. The lowest BCUT2D eigenvalue weighted by molar-refractivity contribution is -0.127. The first-order valence-corrected chi connectivity index (χ1v) is 8.14. The smallest absolute Gasteiger partial charge is 0.324 e. The first kappa shape index (κ1) is 14.3. The number of sulfonamides is 1. The highest BCUT2D eigenvalue weighted by atomic mass is 32.2. The van der Waals surface area contributed by atoms with Gasteiger partial charge in [-0.15, -0.1) is 0 Å². The Bertz CT molecular complexity index is 452. The van der Waals surface area contributed by atoms with E-state index in [1.165, 1.54) is 9.21 Å². The summed E-state index contributed by atoms with van der Waals surface area (Å²) in [5, 5.41) is 2.48. The van der Waals surface area contributed by atoms with Crippen molar-refractivity contribution in [1.82, 2.24) is 14.5 Å². The Morgan fingerprint density at radius 1 is 1.26 bits per heavy atom. The van der Waals surface area contributed by atoms with Gasteiger partial charge in [-0.1, -0.05) is 6.92 Å². The minimum atomic E-state index is -3.18.